The Morgan fingerprint density at radius 3 is 2.70 bits per heavy atom. The highest BCUT2D eigenvalue weighted by molar-refractivity contribution is 7.05. The summed E-state index contributed by atoms with van der Waals surface area (Å²) in [6.07, 6.45) is 5.47. The number of carbonyl (C=O) groups is 1. The Morgan fingerprint density at radius 1 is 1.14 bits per heavy atom. The van der Waals surface area contributed by atoms with Gasteiger partial charge in [0.25, 0.3) is 0 Å². The maximum absolute atomic E-state index is 12.1. The molecule has 37 heavy (non-hydrogen) atoms. The van der Waals surface area contributed by atoms with Crippen molar-refractivity contribution in [1.82, 2.24) is 29.0 Å². The zero-order valence-corrected chi connectivity index (χ0v) is 23.1. The molecule has 0 bridgehead atoms. The number of rotatable bonds is 9. The topological polar surface area (TPSA) is 75.5 Å². The van der Waals surface area contributed by atoms with E-state index in [-0.39, 0.29) is 24.2 Å². The third-order valence-corrected chi connectivity index (χ3v) is 8.21. The molecule has 1 amide bonds. The molecule has 0 radical (unpaired) electrons. The second-order valence-electron chi connectivity index (χ2n) is 10.8. The van der Waals surface area contributed by atoms with Gasteiger partial charge in [0, 0.05) is 50.5 Å². The van der Waals surface area contributed by atoms with Gasteiger partial charge in [0.05, 0.1) is 19.2 Å². The van der Waals surface area contributed by atoms with E-state index in [9.17, 15) is 4.79 Å². The molecule has 2 aromatic heterocycles. The van der Waals surface area contributed by atoms with Crippen molar-refractivity contribution in [3.63, 3.8) is 0 Å². The predicted octanol–water partition coefficient (Wildman–Crippen LogP) is 4.08. The molecule has 5 rings (SSSR count). The summed E-state index contributed by atoms with van der Waals surface area (Å²) >= 11 is 1.51. The summed E-state index contributed by atoms with van der Waals surface area (Å²) in [5.74, 6) is 1.50. The lowest BCUT2D eigenvalue weighted by Gasteiger charge is -2.34. The smallest absolute Gasteiger partial charge is 0.234 e. The van der Waals surface area contributed by atoms with Gasteiger partial charge in [-0.25, -0.2) is 4.98 Å². The number of carbonyl (C=O) groups excluding carboxylic acids is 1. The highest BCUT2D eigenvalue weighted by atomic mass is 32.1. The number of nitrogens with zero attached hydrogens (tertiary/aromatic N) is 5. The molecule has 3 unspecified atom stereocenters. The molecule has 3 atom stereocenters. The Hall–Kier alpha value is -2.33. The Kier molecular flexibility index (Phi) is 8.54. The molecular weight excluding hydrogens is 484 g/mol. The summed E-state index contributed by atoms with van der Waals surface area (Å²) in [6, 6.07) is 11.0. The normalized spacial score (nSPS) is 23.6. The quantitative estimate of drug-likeness (QED) is 0.455. The second-order valence-corrected chi connectivity index (χ2v) is 11.7. The average molecular weight is 525 g/mol. The van der Waals surface area contributed by atoms with Crippen LogP contribution in [0.4, 0.5) is 0 Å². The number of fused-ring (bicyclic) bond motifs is 1. The van der Waals surface area contributed by atoms with E-state index in [0.29, 0.717) is 12.5 Å². The Bertz CT molecular complexity index is 1170. The van der Waals surface area contributed by atoms with Gasteiger partial charge in [-0.15, -0.1) is 0 Å². The SMILES string of the molecule is CCC1CC(Cn2ccc3ccccc32)CC(c2nsc(CN3CCN(CC(=O)NC(C)C)CC3)n2)O1. The standard InChI is InChI=1S/C28H40N6O2S/c1-4-23-15-21(17-34-10-9-22-7-5-6-8-24(22)34)16-25(36-23)28-30-27(37-31-28)19-33-13-11-32(12-14-33)18-26(35)29-20(2)3/h5-10,20-21,23,25H,4,11-19H2,1-3H3,(H,29,35). The lowest BCUT2D eigenvalue weighted by molar-refractivity contribution is -0.123. The van der Waals surface area contributed by atoms with Crippen molar-refractivity contribution in [1.29, 1.82) is 0 Å². The van der Waals surface area contributed by atoms with E-state index < -0.39 is 0 Å². The van der Waals surface area contributed by atoms with Crippen LogP contribution in [-0.4, -0.2) is 74.5 Å². The first-order valence-electron chi connectivity index (χ1n) is 13.7. The monoisotopic (exact) mass is 524 g/mol. The average Bonchev–Trinajstić information content (AvgIpc) is 3.52. The molecular formula is C28H40N6O2S. The van der Waals surface area contributed by atoms with E-state index in [0.717, 1.165) is 69.4 Å². The van der Waals surface area contributed by atoms with Gasteiger partial charge < -0.3 is 14.6 Å². The number of benzene rings is 1. The van der Waals surface area contributed by atoms with Crippen LogP contribution in [0, 0.1) is 5.92 Å². The van der Waals surface area contributed by atoms with Gasteiger partial charge in [0.2, 0.25) is 5.91 Å². The third-order valence-electron chi connectivity index (χ3n) is 7.50. The molecule has 3 aromatic rings. The van der Waals surface area contributed by atoms with Crippen LogP contribution in [0.25, 0.3) is 10.9 Å². The zero-order valence-electron chi connectivity index (χ0n) is 22.3. The first-order chi connectivity index (χ1) is 18.0. The van der Waals surface area contributed by atoms with Gasteiger partial charge in [-0.05, 0) is 68.1 Å². The van der Waals surface area contributed by atoms with E-state index >= 15 is 0 Å². The summed E-state index contributed by atoms with van der Waals surface area (Å²) in [6.45, 7) is 12.2. The van der Waals surface area contributed by atoms with Crippen LogP contribution >= 0.6 is 11.5 Å². The lowest BCUT2D eigenvalue weighted by Crippen LogP contribution is -2.49. The van der Waals surface area contributed by atoms with Crippen LogP contribution in [0.15, 0.2) is 36.5 Å². The maximum atomic E-state index is 12.1. The van der Waals surface area contributed by atoms with Crippen molar-refractivity contribution in [2.45, 2.75) is 71.4 Å². The van der Waals surface area contributed by atoms with Crippen LogP contribution in [-0.2, 0) is 22.6 Å². The van der Waals surface area contributed by atoms with E-state index in [1.165, 1.54) is 22.4 Å². The van der Waals surface area contributed by atoms with E-state index in [4.69, 9.17) is 14.1 Å². The summed E-state index contributed by atoms with van der Waals surface area (Å²) in [7, 11) is 0. The van der Waals surface area contributed by atoms with Gasteiger partial charge in [-0.1, -0.05) is 25.1 Å². The molecule has 1 N–H and O–H groups in total. The maximum Gasteiger partial charge on any atom is 0.234 e. The fourth-order valence-electron chi connectivity index (χ4n) is 5.60. The molecule has 200 valence electrons. The number of amides is 1. The van der Waals surface area contributed by atoms with Crippen molar-refractivity contribution in [3.8, 4) is 0 Å². The minimum Gasteiger partial charge on any atom is -0.367 e. The van der Waals surface area contributed by atoms with Crippen molar-refractivity contribution >= 4 is 28.3 Å². The predicted molar refractivity (Wildman–Crippen MR) is 147 cm³/mol. The van der Waals surface area contributed by atoms with Crippen LogP contribution in [0.5, 0.6) is 0 Å². The first-order valence-corrected chi connectivity index (χ1v) is 14.5. The molecule has 2 aliphatic rings. The van der Waals surface area contributed by atoms with Gasteiger partial charge in [-0.2, -0.15) is 4.37 Å². The molecule has 4 heterocycles. The number of piperazine rings is 1. The molecule has 2 fully saturated rings. The number of para-hydroxylation sites is 1. The minimum atomic E-state index is -0.0353. The number of hydrogen-bond donors (Lipinski definition) is 1. The molecule has 8 nitrogen and oxygen atoms in total. The third kappa shape index (κ3) is 6.76. The zero-order chi connectivity index (χ0) is 25.8. The Morgan fingerprint density at radius 2 is 1.92 bits per heavy atom. The van der Waals surface area contributed by atoms with Crippen LogP contribution in [0.3, 0.4) is 0 Å². The minimum absolute atomic E-state index is 0.0353. The highest BCUT2D eigenvalue weighted by Gasteiger charge is 2.32. The Labute approximate surface area is 224 Å². The summed E-state index contributed by atoms with van der Waals surface area (Å²) in [5.41, 5.74) is 1.30. The molecule has 2 aliphatic heterocycles. The second kappa shape index (κ2) is 12.0. The van der Waals surface area contributed by atoms with Gasteiger partial charge in [-0.3, -0.25) is 14.6 Å². The lowest BCUT2D eigenvalue weighted by atomic mass is 9.90. The van der Waals surface area contributed by atoms with Gasteiger partial charge in [0.15, 0.2) is 5.82 Å². The van der Waals surface area contributed by atoms with Crippen LogP contribution < -0.4 is 5.32 Å². The van der Waals surface area contributed by atoms with Crippen molar-refractivity contribution in [3.05, 3.63) is 47.4 Å². The fourth-order valence-corrected chi connectivity index (χ4v) is 6.33. The van der Waals surface area contributed by atoms with Crippen LogP contribution in [0.2, 0.25) is 0 Å². The summed E-state index contributed by atoms with van der Waals surface area (Å²) in [5, 5.41) is 5.33. The van der Waals surface area contributed by atoms with Crippen LogP contribution in [0.1, 0.15) is 57.0 Å². The van der Waals surface area contributed by atoms with Crippen molar-refractivity contribution in [2.75, 3.05) is 32.7 Å². The molecule has 9 heteroatoms. The van der Waals surface area contributed by atoms with Gasteiger partial charge >= 0.3 is 0 Å². The molecule has 0 aliphatic carbocycles. The van der Waals surface area contributed by atoms with Crippen molar-refractivity contribution in [2.24, 2.45) is 5.92 Å². The first kappa shape index (κ1) is 26.3. The number of ether oxygens (including phenoxy) is 1. The molecule has 0 spiro atoms. The largest absolute Gasteiger partial charge is 0.367 e. The molecule has 1 aromatic carbocycles. The number of aromatic nitrogens is 3. The van der Waals surface area contributed by atoms with Gasteiger partial charge in [0.1, 0.15) is 11.1 Å². The van der Waals surface area contributed by atoms with E-state index in [1.54, 1.807) is 0 Å². The molecule has 2 saturated heterocycles. The number of hydrogen-bond acceptors (Lipinski definition) is 7. The fraction of sp³-hybridized carbons (Fsp3) is 0.607. The number of nitrogens with one attached hydrogen (secondary N) is 1. The highest BCUT2D eigenvalue weighted by Crippen LogP contribution is 2.36. The summed E-state index contributed by atoms with van der Waals surface area (Å²) < 4.78 is 13.6. The molecule has 0 saturated carbocycles. The van der Waals surface area contributed by atoms with E-state index in [1.807, 2.05) is 13.8 Å². The summed E-state index contributed by atoms with van der Waals surface area (Å²) in [4.78, 5) is 21.6. The Balaban J connectivity index is 1.16. The van der Waals surface area contributed by atoms with Crippen molar-refractivity contribution < 1.29 is 9.53 Å². The van der Waals surface area contributed by atoms with E-state index in [2.05, 4.69) is 63.1 Å².